The standard InChI is InChI=1S/C21H25N3O4/c1-27-20-13-16(19(25)14-22)7-8-17(20)15-24(18-5-3-2-4-6-18)21(26)23-9-11-28-12-10-23/h2-8,13H,9-12,14-15,22H2,1H3. The highest BCUT2D eigenvalue weighted by Crippen LogP contribution is 2.26. The quantitative estimate of drug-likeness (QED) is 0.774. The van der Waals surface area contributed by atoms with Crippen molar-refractivity contribution in [3.63, 3.8) is 0 Å². The number of methoxy groups -OCH3 is 1. The fourth-order valence-corrected chi connectivity index (χ4v) is 3.14. The van der Waals surface area contributed by atoms with Crippen LogP contribution in [0, 0.1) is 0 Å². The average molecular weight is 383 g/mol. The lowest BCUT2D eigenvalue weighted by molar-refractivity contribution is 0.0548. The number of amides is 2. The molecule has 1 heterocycles. The van der Waals surface area contributed by atoms with E-state index in [2.05, 4.69) is 0 Å². The predicted octanol–water partition coefficient (Wildman–Crippen LogP) is 2.30. The van der Waals surface area contributed by atoms with Crippen molar-refractivity contribution in [2.45, 2.75) is 6.54 Å². The van der Waals surface area contributed by atoms with Crippen molar-refractivity contribution in [3.05, 3.63) is 59.7 Å². The van der Waals surface area contributed by atoms with Gasteiger partial charge in [0.1, 0.15) is 5.75 Å². The first-order chi connectivity index (χ1) is 13.6. The summed E-state index contributed by atoms with van der Waals surface area (Å²) >= 11 is 0. The lowest BCUT2D eigenvalue weighted by Gasteiger charge is -2.33. The van der Waals surface area contributed by atoms with E-state index in [0.29, 0.717) is 44.2 Å². The van der Waals surface area contributed by atoms with E-state index >= 15 is 0 Å². The second-order valence-electron chi connectivity index (χ2n) is 6.46. The molecule has 0 aliphatic carbocycles. The van der Waals surface area contributed by atoms with E-state index in [1.165, 1.54) is 0 Å². The number of para-hydroxylation sites is 1. The third-order valence-electron chi connectivity index (χ3n) is 4.70. The molecule has 7 nitrogen and oxygen atoms in total. The number of rotatable bonds is 6. The van der Waals surface area contributed by atoms with Gasteiger partial charge >= 0.3 is 6.03 Å². The lowest BCUT2D eigenvalue weighted by Crippen LogP contribution is -2.48. The Morgan fingerprint density at radius 2 is 1.86 bits per heavy atom. The number of ether oxygens (including phenoxy) is 2. The Balaban J connectivity index is 1.91. The highest BCUT2D eigenvalue weighted by Gasteiger charge is 2.25. The molecule has 0 radical (unpaired) electrons. The van der Waals surface area contributed by atoms with E-state index in [1.54, 1.807) is 29.0 Å². The molecule has 0 unspecified atom stereocenters. The molecule has 0 bridgehead atoms. The van der Waals surface area contributed by atoms with Crippen LogP contribution in [0.15, 0.2) is 48.5 Å². The molecule has 2 amide bonds. The van der Waals surface area contributed by atoms with Crippen LogP contribution in [-0.2, 0) is 11.3 Å². The first kappa shape index (κ1) is 19.9. The first-order valence-corrected chi connectivity index (χ1v) is 9.23. The van der Waals surface area contributed by atoms with Crippen LogP contribution < -0.4 is 15.4 Å². The Bertz CT molecular complexity index is 820. The van der Waals surface area contributed by atoms with E-state index in [-0.39, 0.29) is 18.4 Å². The van der Waals surface area contributed by atoms with Crippen molar-refractivity contribution in [2.75, 3.05) is 44.9 Å². The van der Waals surface area contributed by atoms with Crippen LogP contribution in [0.25, 0.3) is 0 Å². The van der Waals surface area contributed by atoms with E-state index in [4.69, 9.17) is 15.2 Å². The minimum atomic E-state index is -0.158. The smallest absolute Gasteiger partial charge is 0.324 e. The maximum atomic E-state index is 13.2. The summed E-state index contributed by atoms with van der Waals surface area (Å²) in [6, 6.07) is 14.6. The Morgan fingerprint density at radius 1 is 1.14 bits per heavy atom. The molecule has 1 fully saturated rings. The monoisotopic (exact) mass is 383 g/mol. The van der Waals surface area contributed by atoms with Gasteiger partial charge in [-0.25, -0.2) is 4.79 Å². The van der Waals surface area contributed by atoms with Gasteiger partial charge in [0.25, 0.3) is 0 Å². The van der Waals surface area contributed by atoms with Gasteiger partial charge in [-0.1, -0.05) is 30.3 Å². The summed E-state index contributed by atoms with van der Waals surface area (Å²) in [7, 11) is 1.55. The van der Waals surface area contributed by atoms with Gasteiger partial charge in [0, 0.05) is 29.9 Å². The van der Waals surface area contributed by atoms with E-state index in [9.17, 15) is 9.59 Å². The molecule has 28 heavy (non-hydrogen) atoms. The molecule has 3 rings (SSSR count). The van der Waals surface area contributed by atoms with E-state index in [0.717, 1.165) is 11.3 Å². The molecular formula is C21H25N3O4. The van der Waals surface area contributed by atoms with Gasteiger partial charge in [0.2, 0.25) is 0 Å². The third kappa shape index (κ3) is 4.49. The second-order valence-corrected chi connectivity index (χ2v) is 6.46. The number of nitrogens with two attached hydrogens (primary N) is 1. The van der Waals surface area contributed by atoms with Gasteiger partial charge in [0.15, 0.2) is 5.78 Å². The van der Waals surface area contributed by atoms with Gasteiger partial charge in [-0.2, -0.15) is 0 Å². The zero-order chi connectivity index (χ0) is 19.9. The Kier molecular flexibility index (Phi) is 6.62. The van der Waals surface area contributed by atoms with Crippen LogP contribution in [0.1, 0.15) is 15.9 Å². The molecule has 0 spiro atoms. The maximum Gasteiger partial charge on any atom is 0.324 e. The maximum absolute atomic E-state index is 13.2. The number of hydrogen-bond donors (Lipinski definition) is 1. The van der Waals surface area contributed by atoms with Gasteiger partial charge in [-0.05, 0) is 18.2 Å². The van der Waals surface area contributed by atoms with Crippen molar-refractivity contribution < 1.29 is 19.1 Å². The van der Waals surface area contributed by atoms with Crippen molar-refractivity contribution in [1.82, 2.24) is 4.90 Å². The number of hydrogen-bond acceptors (Lipinski definition) is 5. The zero-order valence-electron chi connectivity index (χ0n) is 16.0. The van der Waals surface area contributed by atoms with Crippen LogP contribution in [0.5, 0.6) is 5.75 Å². The second kappa shape index (κ2) is 9.34. The number of Topliss-reactive ketones (excluding diaryl/α,β-unsaturated/α-hetero) is 1. The molecule has 2 aromatic carbocycles. The predicted molar refractivity (Wildman–Crippen MR) is 107 cm³/mol. The minimum absolute atomic E-state index is 0.0614. The number of carbonyl (C=O) groups is 2. The molecule has 148 valence electrons. The largest absolute Gasteiger partial charge is 0.496 e. The number of anilines is 1. The molecule has 1 saturated heterocycles. The highest BCUT2D eigenvalue weighted by molar-refractivity contribution is 5.98. The highest BCUT2D eigenvalue weighted by atomic mass is 16.5. The lowest BCUT2D eigenvalue weighted by atomic mass is 10.1. The first-order valence-electron chi connectivity index (χ1n) is 9.23. The van der Waals surface area contributed by atoms with E-state index < -0.39 is 0 Å². The average Bonchev–Trinajstić information content (AvgIpc) is 2.77. The summed E-state index contributed by atoms with van der Waals surface area (Å²) in [5.41, 5.74) is 7.55. The summed E-state index contributed by atoms with van der Waals surface area (Å²) in [5, 5.41) is 0. The van der Waals surface area contributed by atoms with Crippen molar-refractivity contribution in [2.24, 2.45) is 5.73 Å². The van der Waals surface area contributed by atoms with Crippen LogP contribution in [0.3, 0.4) is 0 Å². The number of morpholine rings is 1. The number of benzene rings is 2. The fourth-order valence-electron chi connectivity index (χ4n) is 3.14. The molecule has 2 aromatic rings. The number of urea groups is 1. The van der Waals surface area contributed by atoms with Crippen LogP contribution in [-0.4, -0.2) is 56.7 Å². The van der Waals surface area contributed by atoms with Gasteiger partial charge < -0.3 is 20.1 Å². The molecular weight excluding hydrogens is 358 g/mol. The Hall–Kier alpha value is -2.90. The zero-order valence-corrected chi connectivity index (χ0v) is 16.0. The summed E-state index contributed by atoms with van der Waals surface area (Å²) in [4.78, 5) is 28.6. The minimum Gasteiger partial charge on any atom is -0.496 e. The summed E-state index contributed by atoms with van der Waals surface area (Å²) in [6.07, 6.45) is 0. The Morgan fingerprint density at radius 3 is 2.50 bits per heavy atom. The Labute approximate surface area is 164 Å². The topological polar surface area (TPSA) is 85.1 Å². The molecule has 1 aliphatic rings. The van der Waals surface area contributed by atoms with Crippen molar-refractivity contribution in [3.8, 4) is 5.75 Å². The van der Waals surface area contributed by atoms with Crippen molar-refractivity contribution >= 4 is 17.5 Å². The molecule has 2 N–H and O–H groups in total. The SMILES string of the molecule is COc1cc(C(=O)CN)ccc1CN(C(=O)N1CCOCC1)c1ccccc1. The summed E-state index contributed by atoms with van der Waals surface area (Å²) in [5.74, 6) is 0.393. The van der Waals surface area contributed by atoms with Crippen LogP contribution in [0.4, 0.5) is 10.5 Å². The number of nitrogens with zero attached hydrogens (tertiary/aromatic N) is 2. The fraction of sp³-hybridized carbons (Fsp3) is 0.333. The van der Waals surface area contributed by atoms with Crippen LogP contribution >= 0.6 is 0 Å². The third-order valence-corrected chi connectivity index (χ3v) is 4.70. The summed E-state index contributed by atoms with van der Waals surface area (Å²) in [6.45, 7) is 2.45. The van der Waals surface area contributed by atoms with Gasteiger partial charge in [-0.3, -0.25) is 9.69 Å². The van der Waals surface area contributed by atoms with Gasteiger partial charge in [-0.15, -0.1) is 0 Å². The molecule has 1 aliphatic heterocycles. The number of carbonyl (C=O) groups excluding carboxylic acids is 2. The van der Waals surface area contributed by atoms with Crippen LogP contribution in [0.2, 0.25) is 0 Å². The molecule has 0 saturated carbocycles. The van der Waals surface area contributed by atoms with Crippen molar-refractivity contribution in [1.29, 1.82) is 0 Å². The molecule has 0 atom stereocenters. The molecule has 0 aromatic heterocycles. The van der Waals surface area contributed by atoms with E-state index in [1.807, 2.05) is 36.4 Å². The van der Waals surface area contributed by atoms with Gasteiger partial charge in [0.05, 0.1) is 33.4 Å². The number of ketones is 1. The summed E-state index contributed by atoms with van der Waals surface area (Å²) < 4.78 is 10.8. The normalized spacial score (nSPS) is 13.9. The molecule has 7 heteroatoms.